The van der Waals surface area contributed by atoms with Gasteiger partial charge in [-0.05, 0) is 30.7 Å². The second-order valence-electron chi connectivity index (χ2n) is 6.87. The molecule has 4 rings (SSSR count). The fraction of sp³-hybridized carbons (Fsp3) is 0.263. The number of imidazole rings is 1. The first-order chi connectivity index (χ1) is 14.3. The molecule has 3 aromatic rings. The second-order valence-corrected chi connectivity index (χ2v) is 8.54. The molecule has 0 amide bonds. The summed E-state index contributed by atoms with van der Waals surface area (Å²) >= 11 is 0. The van der Waals surface area contributed by atoms with Gasteiger partial charge in [0.2, 0.25) is 0 Å². The molecule has 2 heterocycles. The van der Waals surface area contributed by atoms with Crippen LogP contribution in [0.25, 0.3) is 11.0 Å². The Labute approximate surface area is 171 Å². The smallest absolute Gasteiger partial charge is 0.301 e. The van der Waals surface area contributed by atoms with Gasteiger partial charge in [-0.1, -0.05) is 0 Å². The van der Waals surface area contributed by atoms with E-state index in [0.29, 0.717) is 5.52 Å². The largest absolute Gasteiger partial charge is 0.453 e. The maximum Gasteiger partial charge on any atom is 0.301 e. The highest BCUT2D eigenvalue weighted by molar-refractivity contribution is 7.90. The van der Waals surface area contributed by atoms with Crippen molar-refractivity contribution in [3.05, 3.63) is 48.0 Å². The SMILES string of the molecule is Cn1cnc2ccc(Oc3c(F)ccc(NS(=O)(=O)N4CC[C@@H](F)C4)c3C#N)cc21. The van der Waals surface area contributed by atoms with E-state index in [2.05, 4.69) is 9.71 Å². The molecule has 0 bridgehead atoms. The summed E-state index contributed by atoms with van der Waals surface area (Å²) in [4.78, 5) is 4.19. The van der Waals surface area contributed by atoms with Crippen molar-refractivity contribution in [1.29, 1.82) is 5.26 Å². The molecule has 1 fully saturated rings. The van der Waals surface area contributed by atoms with Gasteiger partial charge in [0.15, 0.2) is 11.6 Å². The summed E-state index contributed by atoms with van der Waals surface area (Å²) in [5.41, 5.74) is 0.972. The molecule has 1 saturated heterocycles. The maximum absolute atomic E-state index is 14.5. The summed E-state index contributed by atoms with van der Waals surface area (Å²) in [5, 5.41) is 9.57. The Balaban J connectivity index is 1.68. The van der Waals surface area contributed by atoms with Gasteiger partial charge < -0.3 is 9.30 Å². The topological polar surface area (TPSA) is 100 Å². The molecule has 1 N–H and O–H groups in total. The number of nitrogens with one attached hydrogen (secondary N) is 1. The number of hydrogen-bond donors (Lipinski definition) is 1. The lowest BCUT2D eigenvalue weighted by Crippen LogP contribution is -2.34. The summed E-state index contributed by atoms with van der Waals surface area (Å²) in [7, 11) is -2.32. The first-order valence-electron chi connectivity index (χ1n) is 9.02. The van der Waals surface area contributed by atoms with Crippen molar-refractivity contribution in [1.82, 2.24) is 13.9 Å². The van der Waals surface area contributed by atoms with Crippen molar-refractivity contribution in [3.63, 3.8) is 0 Å². The van der Waals surface area contributed by atoms with E-state index < -0.39 is 27.9 Å². The standard InChI is InChI=1S/C19H17F2N5O3S/c1-25-11-23-17-4-2-13(8-18(17)25)29-19-14(9-22)16(5-3-15(19)21)24-30(27,28)26-7-6-12(20)10-26/h2-5,8,11-12,24H,6-7,10H2,1H3/t12-/m1/s1. The van der Waals surface area contributed by atoms with Crippen molar-refractivity contribution < 1.29 is 21.9 Å². The highest BCUT2D eigenvalue weighted by atomic mass is 32.2. The van der Waals surface area contributed by atoms with E-state index in [-0.39, 0.29) is 36.5 Å². The first-order valence-corrected chi connectivity index (χ1v) is 10.5. The van der Waals surface area contributed by atoms with Gasteiger partial charge in [0.25, 0.3) is 0 Å². The van der Waals surface area contributed by atoms with Crippen molar-refractivity contribution in [3.8, 4) is 17.6 Å². The number of aryl methyl sites for hydroxylation is 1. The van der Waals surface area contributed by atoms with Crippen LogP contribution in [0.4, 0.5) is 14.5 Å². The van der Waals surface area contributed by atoms with E-state index in [9.17, 15) is 22.5 Å². The third-order valence-electron chi connectivity index (χ3n) is 4.81. The Bertz CT molecular complexity index is 1270. The molecule has 0 aliphatic carbocycles. The second kappa shape index (κ2) is 7.55. The van der Waals surface area contributed by atoms with Gasteiger partial charge in [0.1, 0.15) is 23.6 Å². The number of rotatable bonds is 5. The van der Waals surface area contributed by atoms with Crippen LogP contribution in [0, 0.1) is 17.1 Å². The summed E-state index contributed by atoms with van der Waals surface area (Å²) in [6.07, 6.45) is 0.470. The molecule has 8 nitrogen and oxygen atoms in total. The summed E-state index contributed by atoms with van der Waals surface area (Å²) in [6, 6.07) is 8.80. The molecule has 1 aliphatic rings. The van der Waals surface area contributed by atoms with Gasteiger partial charge in [-0.2, -0.15) is 18.0 Å². The zero-order valence-corrected chi connectivity index (χ0v) is 16.7. The normalized spacial score (nSPS) is 17.2. The molecule has 1 atom stereocenters. The van der Waals surface area contributed by atoms with Crippen LogP contribution in [-0.2, 0) is 17.3 Å². The van der Waals surface area contributed by atoms with Crippen LogP contribution in [0.1, 0.15) is 12.0 Å². The molecule has 0 radical (unpaired) electrons. The average Bonchev–Trinajstić information content (AvgIpc) is 3.31. The number of halogens is 2. The minimum atomic E-state index is -4.11. The van der Waals surface area contributed by atoms with Gasteiger partial charge in [0, 0.05) is 26.2 Å². The van der Waals surface area contributed by atoms with Crippen LogP contribution in [-0.4, -0.2) is 41.5 Å². The number of nitriles is 1. The number of aromatic nitrogens is 2. The van der Waals surface area contributed by atoms with Crippen molar-refractivity contribution in [2.75, 3.05) is 17.8 Å². The lowest BCUT2D eigenvalue weighted by atomic mass is 10.1. The van der Waals surface area contributed by atoms with Crippen LogP contribution in [0.5, 0.6) is 11.5 Å². The molecule has 11 heteroatoms. The summed E-state index contributed by atoms with van der Waals surface area (Å²) in [6.45, 7) is -0.250. The predicted molar refractivity (Wildman–Crippen MR) is 106 cm³/mol. The van der Waals surface area contributed by atoms with Crippen molar-refractivity contribution in [2.24, 2.45) is 7.05 Å². The molecule has 1 aliphatic heterocycles. The van der Waals surface area contributed by atoms with E-state index in [1.54, 1.807) is 42.2 Å². The molecule has 0 unspecified atom stereocenters. The Kier molecular flexibility index (Phi) is 5.05. The fourth-order valence-corrected chi connectivity index (χ4v) is 4.53. The number of hydrogen-bond acceptors (Lipinski definition) is 5. The molecule has 0 spiro atoms. The van der Waals surface area contributed by atoms with Gasteiger partial charge in [0.05, 0.1) is 23.0 Å². The minimum Gasteiger partial charge on any atom is -0.453 e. The number of fused-ring (bicyclic) bond motifs is 1. The summed E-state index contributed by atoms with van der Waals surface area (Å²) in [5.74, 6) is -0.991. The van der Waals surface area contributed by atoms with Crippen molar-refractivity contribution >= 4 is 26.9 Å². The number of benzene rings is 2. The lowest BCUT2D eigenvalue weighted by Gasteiger charge is -2.18. The van der Waals surface area contributed by atoms with Gasteiger partial charge in [-0.25, -0.2) is 13.8 Å². The van der Waals surface area contributed by atoms with E-state index in [0.717, 1.165) is 22.0 Å². The van der Waals surface area contributed by atoms with E-state index in [4.69, 9.17) is 4.74 Å². The van der Waals surface area contributed by atoms with E-state index >= 15 is 0 Å². The van der Waals surface area contributed by atoms with E-state index in [1.807, 2.05) is 0 Å². The van der Waals surface area contributed by atoms with Crippen LogP contribution in [0.15, 0.2) is 36.7 Å². The molecule has 156 valence electrons. The van der Waals surface area contributed by atoms with Crippen LogP contribution >= 0.6 is 0 Å². The summed E-state index contributed by atoms with van der Waals surface area (Å²) < 4.78 is 63.5. The van der Waals surface area contributed by atoms with Crippen molar-refractivity contribution in [2.45, 2.75) is 12.6 Å². The van der Waals surface area contributed by atoms with Gasteiger partial charge >= 0.3 is 10.2 Å². The van der Waals surface area contributed by atoms with E-state index in [1.165, 1.54) is 0 Å². The number of anilines is 1. The van der Waals surface area contributed by atoms with Gasteiger partial charge in [-0.3, -0.25) is 4.72 Å². The number of alkyl halides is 1. The third-order valence-corrected chi connectivity index (χ3v) is 6.30. The number of nitrogens with zero attached hydrogens (tertiary/aromatic N) is 4. The highest BCUT2D eigenvalue weighted by Gasteiger charge is 2.32. The molecular formula is C19H17F2N5O3S. The van der Waals surface area contributed by atoms with Crippen LogP contribution < -0.4 is 9.46 Å². The predicted octanol–water partition coefficient (Wildman–Crippen LogP) is 3.08. The molecule has 2 aromatic carbocycles. The third kappa shape index (κ3) is 3.67. The quantitative estimate of drug-likeness (QED) is 0.667. The molecular weight excluding hydrogens is 416 g/mol. The Hall–Kier alpha value is -3.23. The Morgan fingerprint density at radius 1 is 1.33 bits per heavy atom. The molecule has 30 heavy (non-hydrogen) atoms. The minimum absolute atomic E-state index is 0.0215. The Morgan fingerprint density at radius 2 is 2.13 bits per heavy atom. The molecule has 1 aromatic heterocycles. The Morgan fingerprint density at radius 3 is 2.83 bits per heavy atom. The monoisotopic (exact) mass is 433 g/mol. The maximum atomic E-state index is 14.5. The highest BCUT2D eigenvalue weighted by Crippen LogP contribution is 2.34. The zero-order chi connectivity index (χ0) is 21.5. The lowest BCUT2D eigenvalue weighted by molar-refractivity contribution is 0.343. The first kappa shape index (κ1) is 20.1. The van der Waals surface area contributed by atoms with Crippen LogP contribution in [0.2, 0.25) is 0 Å². The average molecular weight is 433 g/mol. The zero-order valence-electron chi connectivity index (χ0n) is 15.8. The fourth-order valence-electron chi connectivity index (χ4n) is 3.25. The molecule has 0 saturated carbocycles. The van der Waals surface area contributed by atoms with Gasteiger partial charge in [-0.15, -0.1) is 0 Å². The number of ether oxygens (including phenoxy) is 1. The van der Waals surface area contributed by atoms with Crippen LogP contribution in [0.3, 0.4) is 0 Å².